The number of nitrogens with zero attached hydrogens (tertiary/aromatic N) is 1. The molecular formula is C12H17NO4. The molecule has 2 aliphatic rings. The van der Waals surface area contributed by atoms with Gasteiger partial charge in [0.25, 0.3) is 0 Å². The van der Waals surface area contributed by atoms with Crippen LogP contribution in [0.2, 0.25) is 0 Å². The van der Waals surface area contributed by atoms with Crippen molar-refractivity contribution in [1.29, 1.82) is 0 Å². The van der Waals surface area contributed by atoms with Gasteiger partial charge in [0.2, 0.25) is 5.91 Å². The summed E-state index contributed by atoms with van der Waals surface area (Å²) in [6.45, 7) is 0.914. The number of aliphatic carboxylic acids is 1. The third kappa shape index (κ3) is 2.66. The summed E-state index contributed by atoms with van der Waals surface area (Å²) in [5.74, 6) is -1.07. The normalized spacial score (nSPS) is 29.1. The second-order valence-corrected chi connectivity index (χ2v) is 4.44. The van der Waals surface area contributed by atoms with Crippen molar-refractivity contribution in [3.05, 3.63) is 12.2 Å². The van der Waals surface area contributed by atoms with E-state index in [1.165, 1.54) is 4.90 Å². The number of morpholine rings is 1. The van der Waals surface area contributed by atoms with Crippen molar-refractivity contribution in [1.82, 2.24) is 4.90 Å². The molecule has 94 valence electrons. The monoisotopic (exact) mass is 239 g/mol. The van der Waals surface area contributed by atoms with Crippen LogP contribution in [0.5, 0.6) is 0 Å². The Morgan fingerprint density at radius 2 is 2.18 bits per heavy atom. The summed E-state index contributed by atoms with van der Waals surface area (Å²) >= 11 is 0. The maximum atomic E-state index is 12.2. The zero-order valence-electron chi connectivity index (χ0n) is 9.67. The van der Waals surface area contributed by atoms with Gasteiger partial charge >= 0.3 is 5.97 Å². The van der Waals surface area contributed by atoms with Crippen LogP contribution in [0.1, 0.15) is 19.3 Å². The van der Waals surface area contributed by atoms with Crippen LogP contribution in [0.25, 0.3) is 0 Å². The molecule has 1 heterocycles. The minimum atomic E-state index is -0.982. The quantitative estimate of drug-likeness (QED) is 0.719. The number of allylic oxidation sites excluding steroid dienone is 2. The molecule has 5 nitrogen and oxygen atoms in total. The average Bonchev–Trinajstić information content (AvgIpc) is 2.39. The van der Waals surface area contributed by atoms with Crippen molar-refractivity contribution in [2.24, 2.45) is 5.92 Å². The largest absolute Gasteiger partial charge is 0.480 e. The standard InChI is InChI=1S/C12H17NO4/c14-11(9-4-2-1-3-5-9)13-6-7-17-8-10(13)12(15)16/h1-2,9-10H,3-8H2,(H,15,16)/t9-,10+/m1/s1. The zero-order valence-corrected chi connectivity index (χ0v) is 9.67. The molecule has 0 bridgehead atoms. The molecule has 1 aliphatic heterocycles. The van der Waals surface area contributed by atoms with Gasteiger partial charge in [-0.1, -0.05) is 12.2 Å². The lowest BCUT2D eigenvalue weighted by molar-refractivity contribution is -0.160. The van der Waals surface area contributed by atoms with E-state index in [9.17, 15) is 9.59 Å². The SMILES string of the molecule is O=C(O)[C@@H]1COCCN1C(=O)[C@@H]1CC=CCC1. The Morgan fingerprint density at radius 1 is 1.35 bits per heavy atom. The van der Waals surface area contributed by atoms with Gasteiger partial charge in [0.15, 0.2) is 6.04 Å². The molecule has 1 fully saturated rings. The Morgan fingerprint density at radius 3 is 2.82 bits per heavy atom. The summed E-state index contributed by atoms with van der Waals surface area (Å²) in [7, 11) is 0. The van der Waals surface area contributed by atoms with E-state index in [1.807, 2.05) is 6.08 Å². The fraction of sp³-hybridized carbons (Fsp3) is 0.667. The first-order valence-corrected chi connectivity index (χ1v) is 5.96. The van der Waals surface area contributed by atoms with Crippen LogP contribution < -0.4 is 0 Å². The number of rotatable bonds is 2. The molecule has 1 aliphatic carbocycles. The molecule has 0 spiro atoms. The molecule has 0 radical (unpaired) electrons. The van der Waals surface area contributed by atoms with Crippen LogP contribution in [0.15, 0.2) is 12.2 Å². The van der Waals surface area contributed by atoms with Gasteiger partial charge in [-0.3, -0.25) is 4.79 Å². The van der Waals surface area contributed by atoms with E-state index in [4.69, 9.17) is 9.84 Å². The third-order valence-electron chi connectivity index (χ3n) is 3.31. The van der Waals surface area contributed by atoms with E-state index < -0.39 is 12.0 Å². The van der Waals surface area contributed by atoms with E-state index in [1.54, 1.807) is 0 Å². The number of hydrogen-bond acceptors (Lipinski definition) is 3. The summed E-state index contributed by atoms with van der Waals surface area (Å²) in [5.41, 5.74) is 0. The third-order valence-corrected chi connectivity index (χ3v) is 3.31. The van der Waals surface area contributed by atoms with Crippen LogP contribution in [-0.2, 0) is 14.3 Å². The van der Waals surface area contributed by atoms with Crippen molar-refractivity contribution in [3.63, 3.8) is 0 Å². The highest BCUT2D eigenvalue weighted by molar-refractivity contribution is 5.85. The fourth-order valence-corrected chi connectivity index (χ4v) is 2.32. The van der Waals surface area contributed by atoms with Gasteiger partial charge in [0.05, 0.1) is 13.2 Å². The van der Waals surface area contributed by atoms with Crippen molar-refractivity contribution in [2.75, 3.05) is 19.8 Å². The summed E-state index contributed by atoms with van der Waals surface area (Å²) < 4.78 is 5.12. The maximum Gasteiger partial charge on any atom is 0.328 e. The number of carboxylic acids is 1. The Bertz CT molecular complexity index is 339. The van der Waals surface area contributed by atoms with Gasteiger partial charge < -0.3 is 14.7 Å². The number of carbonyl (C=O) groups excluding carboxylic acids is 1. The second kappa shape index (κ2) is 5.31. The number of carbonyl (C=O) groups is 2. The Labute approximate surface area is 100 Å². The van der Waals surface area contributed by atoms with Gasteiger partial charge in [-0.15, -0.1) is 0 Å². The smallest absolute Gasteiger partial charge is 0.328 e. The van der Waals surface area contributed by atoms with Crippen LogP contribution in [0, 0.1) is 5.92 Å². The lowest BCUT2D eigenvalue weighted by Crippen LogP contribution is -2.54. The van der Waals surface area contributed by atoms with Crippen molar-refractivity contribution in [2.45, 2.75) is 25.3 Å². The summed E-state index contributed by atoms with van der Waals surface area (Å²) in [6.07, 6.45) is 6.51. The van der Waals surface area contributed by atoms with Gasteiger partial charge in [0, 0.05) is 12.5 Å². The number of hydrogen-bond donors (Lipinski definition) is 1. The van der Waals surface area contributed by atoms with E-state index in [-0.39, 0.29) is 18.4 Å². The summed E-state index contributed by atoms with van der Waals surface area (Å²) in [4.78, 5) is 24.8. The predicted molar refractivity (Wildman–Crippen MR) is 60.4 cm³/mol. The molecule has 0 unspecified atom stereocenters. The predicted octanol–water partition coefficient (Wildman–Crippen LogP) is 0.655. The maximum absolute atomic E-state index is 12.2. The molecule has 1 saturated heterocycles. The van der Waals surface area contributed by atoms with Crippen molar-refractivity contribution >= 4 is 11.9 Å². The van der Waals surface area contributed by atoms with Gasteiger partial charge in [-0.25, -0.2) is 4.79 Å². The van der Waals surface area contributed by atoms with Crippen molar-refractivity contribution in [3.8, 4) is 0 Å². The van der Waals surface area contributed by atoms with Gasteiger partial charge in [-0.2, -0.15) is 0 Å². The lowest BCUT2D eigenvalue weighted by atomic mass is 9.92. The molecule has 1 amide bonds. The van der Waals surface area contributed by atoms with E-state index >= 15 is 0 Å². The lowest BCUT2D eigenvalue weighted by Gasteiger charge is -2.35. The first-order chi connectivity index (χ1) is 8.20. The van der Waals surface area contributed by atoms with Crippen molar-refractivity contribution < 1.29 is 19.4 Å². The number of amides is 1. The molecular weight excluding hydrogens is 222 g/mol. The van der Waals surface area contributed by atoms with Crippen LogP contribution >= 0.6 is 0 Å². The average molecular weight is 239 g/mol. The Kier molecular flexibility index (Phi) is 3.78. The molecule has 0 saturated carbocycles. The molecule has 2 atom stereocenters. The minimum Gasteiger partial charge on any atom is -0.480 e. The molecule has 17 heavy (non-hydrogen) atoms. The topological polar surface area (TPSA) is 66.8 Å². The molecule has 1 N–H and O–H groups in total. The molecule has 5 heteroatoms. The molecule has 0 aromatic rings. The first-order valence-electron chi connectivity index (χ1n) is 5.96. The highest BCUT2D eigenvalue weighted by atomic mass is 16.5. The van der Waals surface area contributed by atoms with Crippen LogP contribution in [-0.4, -0.2) is 47.7 Å². The van der Waals surface area contributed by atoms with Crippen LogP contribution in [0.3, 0.4) is 0 Å². The van der Waals surface area contributed by atoms with E-state index in [0.29, 0.717) is 13.2 Å². The zero-order chi connectivity index (χ0) is 12.3. The van der Waals surface area contributed by atoms with E-state index in [2.05, 4.69) is 6.08 Å². The molecule has 0 aromatic heterocycles. The van der Waals surface area contributed by atoms with Gasteiger partial charge in [-0.05, 0) is 19.3 Å². The summed E-state index contributed by atoms with van der Waals surface area (Å²) in [5, 5.41) is 9.07. The highest BCUT2D eigenvalue weighted by Gasteiger charge is 2.35. The number of ether oxygens (including phenoxy) is 1. The van der Waals surface area contributed by atoms with Crippen LogP contribution in [0.4, 0.5) is 0 Å². The fourth-order valence-electron chi connectivity index (χ4n) is 2.32. The first kappa shape index (κ1) is 12.1. The molecule has 2 rings (SSSR count). The highest BCUT2D eigenvalue weighted by Crippen LogP contribution is 2.22. The Hall–Kier alpha value is -1.36. The molecule has 0 aromatic carbocycles. The Balaban J connectivity index is 2.05. The van der Waals surface area contributed by atoms with Gasteiger partial charge in [0.1, 0.15) is 0 Å². The minimum absolute atomic E-state index is 0.0370. The van der Waals surface area contributed by atoms with E-state index in [0.717, 1.165) is 19.3 Å². The second-order valence-electron chi connectivity index (χ2n) is 4.44. The number of carboxylic acid groups (broad SMARTS) is 1. The summed E-state index contributed by atoms with van der Waals surface area (Å²) in [6, 6.07) is -0.817.